The molecule has 0 bridgehead atoms. The van der Waals surface area contributed by atoms with Crippen molar-refractivity contribution in [2.24, 2.45) is 0 Å². The van der Waals surface area contributed by atoms with Crippen molar-refractivity contribution in [3.8, 4) is 5.75 Å². The summed E-state index contributed by atoms with van der Waals surface area (Å²) in [6.45, 7) is 7.17. The van der Waals surface area contributed by atoms with E-state index in [0.29, 0.717) is 31.9 Å². The van der Waals surface area contributed by atoms with Crippen molar-refractivity contribution in [3.05, 3.63) is 64.2 Å². The van der Waals surface area contributed by atoms with Gasteiger partial charge in [-0.3, -0.25) is 9.69 Å². The van der Waals surface area contributed by atoms with Crippen LogP contribution in [0.5, 0.6) is 5.75 Å². The summed E-state index contributed by atoms with van der Waals surface area (Å²) in [6.07, 6.45) is -1.27. The van der Waals surface area contributed by atoms with E-state index in [-0.39, 0.29) is 18.0 Å². The Kier molecular flexibility index (Phi) is 7.71. The number of amides is 1. The molecule has 5 nitrogen and oxygen atoms in total. The maximum absolute atomic E-state index is 13.0. The molecule has 0 saturated carbocycles. The second kappa shape index (κ2) is 10.6. The highest BCUT2D eigenvalue weighted by Crippen LogP contribution is 2.39. The van der Waals surface area contributed by atoms with Gasteiger partial charge in [-0.05, 0) is 80.1 Å². The first kappa shape index (κ1) is 25.5. The maximum Gasteiger partial charge on any atom is 0.416 e. The molecule has 2 aromatic carbocycles. The van der Waals surface area contributed by atoms with Crippen LogP contribution in [0.1, 0.15) is 57.9 Å². The smallest absolute Gasteiger partial charge is 0.416 e. The van der Waals surface area contributed by atoms with Gasteiger partial charge < -0.3 is 14.4 Å². The third-order valence-electron chi connectivity index (χ3n) is 7.37. The topological polar surface area (TPSA) is 42.0 Å². The van der Waals surface area contributed by atoms with E-state index >= 15 is 0 Å². The fraction of sp³-hybridized carbons (Fsp3) is 0.519. The first-order valence-corrected chi connectivity index (χ1v) is 12.1. The summed E-state index contributed by atoms with van der Waals surface area (Å²) in [4.78, 5) is 17.3. The monoisotopic (exact) mass is 490 g/mol. The summed E-state index contributed by atoms with van der Waals surface area (Å²) in [7, 11) is 1.65. The average molecular weight is 491 g/mol. The number of alkyl halides is 3. The van der Waals surface area contributed by atoms with E-state index < -0.39 is 11.7 Å². The number of piperidine rings is 1. The lowest BCUT2D eigenvalue weighted by atomic mass is 9.86. The van der Waals surface area contributed by atoms with Crippen molar-refractivity contribution in [2.75, 3.05) is 40.0 Å². The van der Waals surface area contributed by atoms with Gasteiger partial charge >= 0.3 is 6.18 Å². The number of carbonyl (C=O) groups excluding carboxylic acids is 1. The number of halogens is 3. The Hall–Kier alpha value is -2.58. The number of carbonyl (C=O) groups is 1. The molecule has 2 heterocycles. The van der Waals surface area contributed by atoms with Gasteiger partial charge in [-0.25, -0.2) is 0 Å². The molecule has 2 aliphatic rings. The van der Waals surface area contributed by atoms with Crippen molar-refractivity contribution < 1.29 is 27.4 Å². The molecule has 2 fully saturated rings. The molecule has 2 saturated heterocycles. The van der Waals surface area contributed by atoms with E-state index in [2.05, 4.69) is 24.8 Å². The van der Waals surface area contributed by atoms with Crippen molar-refractivity contribution in [3.63, 3.8) is 0 Å². The Bertz CT molecular complexity index is 1040. The number of benzene rings is 2. The quantitative estimate of drug-likeness (QED) is 0.509. The number of piperazine rings is 1. The molecule has 1 amide bonds. The van der Waals surface area contributed by atoms with Gasteiger partial charge in [0.1, 0.15) is 12.4 Å². The average Bonchev–Trinajstić information content (AvgIpc) is 2.85. The molecular formula is C27H33F3N2O3. The second-order valence-electron chi connectivity index (χ2n) is 9.41. The number of hydrogen-bond acceptors (Lipinski definition) is 4. The summed E-state index contributed by atoms with van der Waals surface area (Å²) in [5.41, 5.74) is 3.23. The normalized spacial score (nSPS) is 21.0. The Balaban J connectivity index is 1.45. The van der Waals surface area contributed by atoms with Crippen LogP contribution in [-0.2, 0) is 10.9 Å². The molecule has 1 unspecified atom stereocenters. The summed E-state index contributed by atoms with van der Waals surface area (Å²) in [5, 5.41) is 0. The first-order chi connectivity index (χ1) is 16.7. The number of ether oxygens (including phenoxy) is 2. The highest BCUT2D eigenvalue weighted by molar-refractivity contribution is 5.94. The Morgan fingerprint density at radius 1 is 1.00 bits per heavy atom. The predicted molar refractivity (Wildman–Crippen MR) is 128 cm³/mol. The standard InChI is InChI=1S/C27H33F3N2O3/c1-18-19(2)25(35-16-15-34-3)12-11-23(18)24-6-4-5-22-17-31(13-14-32(22)24)26(33)20-7-9-21(10-8-20)27(28,29)30/h7-12,22,24H,4-6,13-17H2,1-3H3/t22?,24-/m1/s1. The Morgan fingerprint density at radius 2 is 1.74 bits per heavy atom. The van der Waals surface area contributed by atoms with Crippen LogP contribution in [-0.4, -0.2) is 61.7 Å². The highest BCUT2D eigenvalue weighted by Gasteiger charge is 2.38. The molecule has 0 N–H and O–H groups in total. The highest BCUT2D eigenvalue weighted by atomic mass is 19.4. The van der Waals surface area contributed by atoms with Gasteiger partial charge in [0.25, 0.3) is 5.91 Å². The summed E-state index contributed by atoms with van der Waals surface area (Å²) >= 11 is 0. The summed E-state index contributed by atoms with van der Waals surface area (Å²) in [6, 6.07) is 9.25. The minimum absolute atomic E-state index is 0.204. The molecule has 0 radical (unpaired) electrons. The Labute approximate surface area is 204 Å². The first-order valence-electron chi connectivity index (χ1n) is 12.1. The largest absolute Gasteiger partial charge is 0.491 e. The molecule has 190 valence electrons. The van der Waals surface area contributed by atoms with E-state index in [1.807, 2.05) is 6.07 Å². The minimum Gasteiger partial charge on any atom is -0.491 e. The lowest BCUT2D eigenvalue weighted by Crippen LogP contribution is -2.57. The molecular weight excluding hydrogens is 457 g/mol. The Morgan fingerprint density at radius 3 is 2.43 bits per heavy atom. The van der Waals surface area contributed by atoms with Crippen molar-refractivity contribution in [2.45, 2.75) is 51.4 Å². The van der Waals surface area contributed by atoms with Crippen LogP contribution in [0.25, 0.3) is 0 Å². The van der Waals surface area contributed by atoms with Crippen LogP contribution < -0.4 is 4.74 Å². The summed E-state index contributed by atoms with van der Waals surface area (Å²) in [5.74, 6) is 0.674. The molecule has 0 aliphatic carbocycles. The van der Waals surface area contributed by atoms with Crippen molar-refractivity contribution >= 4 is 5.91 Å². The number of fused-ring (bicyclic) bond motifs is 1. The lowest BCUT2D eigenvalue weighted by Gasteiger charge is -2.49. The molecule has 2 aliphatic heterocycles. The van der Waals surface area contributed by atoms with Gasteiger partial charge in [-0.2, -0.15) is 13.2 Å². The summed E-state index contributed by atoms with van der Waals surface area (Å²) < 4.78 is 49.6. The molecule has 0 spiro atoms. The predicted octanol–water partition coefficient (Wildman–Crippen LogP) is 5.40. The fourth-order valence-electron chi connectivity index (χ4n) is 5.32. The molecule has 2 atom stereocenters. The van der Waals surface area contributed by atoms with Gasteiger partial charge in [-0.15, -0.1) is 0 Å². The number of hydrogen-bond donors (Lipinski definition) is 0. The number of rotatable bonds is 6. The fourth-order valence-corrected chi connectivity index (χ4v) is 5.32. The zero-order valence-corrected chi connectivity index (χ0v) is 20.5. The van der Waals surface area contributed by atoms with Gasteiger partial charge in [0.2, 0.25) is 0 Å². The van der Waals surface area contributed by atoms with Gasteiger partial charge in [0.15, 0.2) is 0 Å². The van der Waals surface area contributed by atoms with Crippen LogP contribution >= 0.6 is 0 Å². The van der Waals surface area contributed by atoms with Crippen LogP contribution in [0.2, 0.25) is 0 Å². The SMILES string of the molecule is COCCOc1ccc([C@H]2CCCC3CN(C(=O)c4ccc(C(F)(F)F)cc4)CCN32)c(C)c1C. The van der Waals surface area contributed by atoms with E-state index in [1.165, 1.54) is 23.3 Å². The van der Waals surface area contributed by atoms with Gasteiger partial charge in [0.05, 0.1) is 12.2 Å². The zero-order valence-electron chi connectivity index (χ0n) is 20.5. The number of methoxy groups -OCH3 is 1. The molecule has 35 heavy (non-hydrogen) atoms. The molecule has 2 aromatic rings. The van der Waals surface area contributed by atoms with Gasteiger partial charge in [0, 0.05) is 44.4 Å². The molecule has 8 heteroatoms. The van der Waals surface area contributed by atoms with E-state index in [1.54, 1.807) is 12.0 Å². The van der Waals surface area contributed by atoms with E-state index in [9.17, 15) is 18.0 Å². The van der Waals surface area contributed by atoms with Gasteiger partial charge in [-0.1, -0.05) is 6.07 Å². The zero-order chi connectivity index (χ0) is 25.2. The lowest BCUT2D eigenvalue weighted by molar-refractivity contribution is -0.137. The minimum atomic E-state index is -4.41. The number of nitrogens with zero attached hydrogens (tertiary/aromatic N) is 2. The van der Waals surface area contributed by atoms with Crippen LogP contribution in [0, 0.1) is 13.8 Å². The molecule has 0 aromatic heterocycles. The maximum atomic E-state index is 13.0. The van der Waals surface area contributed by atoms with E-state index in [0.717, 1.165) is 49.3 Å². The van der Waals surface area contributed by atoms with Crippen LogP contribution in [0.4, 0.5) is 13.2 Å². The third kappa shape index (κ3) is 5.48. The van der Waals surface area contributed by atoms with E-state index in [4.69, 9.17) is 9.47 Å². The third-order valence-corrected chi connectivity index (χ3v) is 7.37. The second-order valence-corrected chi connectivity index (χ2v) is 9.41. The van der Waals surface area contributed by atoms with Crippen LogP contribution in [0.15, 0.2) is 36.4 Å². The van der Waals surface area contributed by atoms with Crippen LogP contribution in [0.3, 0.4) is 0 Å². The van der Waals surface area contributed by atoms with Crippen molar-refractivity contribution in [1.29, 1.82) is 0 Å². The van der Waals surface area contributed by atoms with Crippen molar-refractivity contribution in [1.82, 2.24) is 9.80 Å². The molecule has 4 rings (SSSR count).